The van der Waals surface area contributed by atoms with Crippen LogP contribution in [0.5, 0.6) is 0 Å². The molecule has 0 spiro atoms. The Balaban J connectivity index is 2.84. The molecule has 2 aromatic rings. The summed E-state index contributed by atoms with van der Waals surface area (Å²) >= 11 is 0. The third-order valence-corrected chi connectivity index (χ3v) is 2.10. The van der Waals surface area contributed by atoms with E-state index in [4.69, 9.17) is 26.7 Å². The van der Waals surface area contributed by atoms with Gasteiger partial charge in [-0.05, 0) is 25.6 Å². The molecule has 2 rings (SSSR count). The molecule has 0 N–H and O–H groups in total. The topological polar surface area (TPSA) is 30.3 Å². The minimum Gasteiger partial charge on any atom is -0.366 e. The SMILES string of the molecule is [2H]c1nn(C([2H])([2H])[2H])c(C([2H])(OC([2H])([2H])C([2H])([2H])N(C([2H])([2H])[2H])C([2H])([2H])[2H])c2ccccc2)c1[2H]. The number of aromatic nitrogens is 2. The van der Waals surface area contributed by atoms with Gasteiger partial charge < -0.3 is 9.64 Å². The quantitative estimate of drug-likeness (QED) is 0.808. The van der Waals surface area contributed by atoms with Crippen LogP contribution in [0.15, 0.2) is 42.5 Å². The first-order chi connectivity index (χ1) is 15.5. The van der Waals surface area contributed by atoms with Crippen LogP contribution < -0.4 is 0 Å². The molecule has 1 aromatic heterocycles. The number of aryl methyl sites for hydroxylation is 1. The van der Waals surface area contributed by atoms with Gasteiger partial charge >= 0.3 is 0 Å². The minimum absolute atomic E-state index is 0.106. The summed E-state index contributed by atoms with van der Waals surface area (Å²) in [6, 6.07) is 5.50. The number of hydrogen-bond acceptors (Lipinski definition) is 3. The van der Waals surface area contributed by atoms with Crippen LogP contribution in [0.4, 0.5) is 0 Å². The summed E-state index contributed by atoms with van der Waals surface area (Å²) in [5.41, 5.74) is -1.32. The Bertz CT molecular complexity index is 1030. The smallest absolute Gasteiger partial charge is 0.124 e. The van der Waals surface area contributed by atoms with Crippen LogP contribution >= 0.6 is 0 Å². The molecule has 19 heavy (non-hydrogen) atoms. The van der Waals surface area contributed by atoms with Gasteiger partial charge in [0.05, 0.1) is 19.1 Å². The van der Waals surface area contributed by atoms with Crippen molar-refractivity contribution in [1.29, 1.82) is 0 Å². The maximum absolute atomic E-state index is 8.92. The highest BCUT2D eigenvalue weighted by molar-refractivity contribution is 5.25. The van der Waals surface area contributed by atoms with Crippen LogP contribution in [0.2, 0.25) is 0 Å². The molecule has 0 bridgehead atoms. The molecule has 0 aliphatic heterocycles. The number of nitrogens with zero attached hydrogens (tertiary/aromatic N) is 3. The van der Waals surface area contributed by atoms with Crippen molar-refractivity contribution in [2.45, 2.75) is 6.08 Å². The molecule has 1 atom stereocenters. The molecule has 4 heteroatoms. The van der Waals surface area contributed by atoms with Crippen molar-refractivity contribution in [1.82, 2.24) is 14.7 Å². The van der Waals surface area contributed by atoms with E-state index in [0.717, 1.165) is 12.1 Å². The van der Waals surface area contributed by atoms with Crippen molar-refractivity contribution in [3.8, 4) is 0 Å². The van der Waals surface area contributed by atoms with Gasteiger partial charge in [0.1, 0.15) is 6.08 Å². The lowest BCUT2D eigenvalue weighted by atomic mass is 10.1. The lowest BCUT2D eigenvalue weighted by Gasteiger charge is -2.20. The first-order valence-electron chi connectivity index (χ1n) is 13.1. The highest BCUT2D eigenvalue weighted by Gasteiger charge is 2.17. The van der Waals surface area contributed by atoms with Crippen molar-refractivity contribution in [3.63, 3.8) is 0 Å². The van der Waals surface area contributed by atoms with Crippen molar-refractivity contribution in [2.75, 3.05) is 27.0 Å². The summed E-state index contributed by atoms with van der Waals surface area (Å²) in [6.07, 6.45) is -4.02. The maximum Gasteiger partial charge on any atom is 0.124 e. The summed E-state index contributed by atoms with van der Waals surface area (Å²) < 4.78 is 130. The van der Waals surface area contributed by atoms with Crippen molar-refractivity contribution in [2.24, 2.45) is 6.98 Å². The first-order valence-corrected chi connectivity index (χ1v) is 5.11. The van der Waals surface area contributed by atoms with Gasteiger partial charge in [0, 0.05) is 34.7 Å². The van der Waals surface area contributed by atoms with E-state index in [-0.39, 0.29) is 10.2 Å². The number of rotatable bonds is 6. The van der Waals surface area contributed by atoms with E-state index in [9.17, 15) is 0 Å². The van der Waals surface area contributed by atoms with Crippen LogP contribution in [0, 0.1) is 0 Å². The summed E-state index contributed by atoms with van der Waals surface area (Å²) in [5.74, 6) is 0. The molecule has 0 aliphatic rings. The fraction of sp³-hybridized carbons (Fsp3) is 0.400. The molecule has 0 fully saturated rings. The van der Waals surface area contributed by atoms with E-state index in [1.807, 2.05) is 0 Å². The first kappa shape index (κ1) is 3.93. The van der Waals surface area contributed by atoms with Gasteiger partial charge in [-0.2, -0.15) is 5.10 Å². The zero-order chi connectivity index (χ0) is 27.4. The third kappa shape index (κ3) is 3.66. The standard InChI is InChI=1S/C15H21N3O/c1-17(2)11-12-19-15(13-7-5-4-6-8-13)14-9-10-16-18(14)3/h4-10,15H,11-12H2,1-3H3/i1D3,2D3,3D3,9D,10D,11D2,12D2,15D. The highest BCUT2D eigenvalue weighted by Crippen LogP contribution is 2.25. The third-order valence-electron chi connectivity index (χ3n) is 2.10. The largest absolute Gasteiger partial charge is 0.366 e. The molecule has 0 radical (unpaired) electrons. The summed E-state index contributed by atoms with van der Waals surface area (Å²) in [6.45, 7) is -18.5. The molecule has 1 aromatic carbocycles. The number of benzene rings is 1. The number of likely N-dealkylation sites (N-methyl/N-ethyl adjacent to an activating group) is 1. The number of ether oxygens (including phenoxy) is 1. The van der Waals surface area contributed by atoms with E-state index in [0.29, 0.717) is 0 Å². The van der Waals surface area contributed by atoms with Crippen LogP contribution in [0.1, 0.15) is 39.3 Å². The van der Waals surface area contributed by atoms with E-state index >= 15 is 0 Å². The molecule has 1 unspecified atom stereocenters. The molecule has 0 saturated heterocycles. The molecule has 0 aliphatic carbocycles. The molecule has 102 valence electrons. The Kier molecular flexibility index (Phi) is 1.34. The summed E-state index contributed by atoms with van der Waals surface area (Å²) in [4.78, 5) is -0.711. The van der Waals surface area contributed by atoms with Crippen LogP contribution in [-0.2, 0) is 11.7 Å². The fourth-order valence-corrected chi connectivity index (χ4v) is 1.34. The van der Waals surface area contributed by atoms with Gasteiger partial charge in [-0.15, -0.1) is 0 Å². The minimum atomic E-state index is -3.96. The lowest BCUT2D eigenvalue weighted by Crippen LogP contribution is -2.20. The molecule has 0 amide bonds. The van der Waals surface area contributed by atoms with E-state index in [2.05, 4.69) is 5.10 Å². The molecule has 0 saturated carbocycles. The zero-order valence-electron chi connectivity index (χ0n) is 25.6. The molecule has 4 nitrogen and oxygen atoms in total. The van der Waals surface area contributed by atoms with Crippen LogP contribution in [-0.4, -0.2) is 41.7 Å². The Morgan fingerprint density at radius 1 is 1.53 bits per heavy atom. The van der Waals surface area contributed by atoms with Gasteiger partial charge in [-0.1, -0.05) is 30.3 Å². The van der Waals surface area contributed by atoms with Gasteiger partial charge in [0.2, 0.25) is 0 Å². The van der Waals surface area contributed by atoms with Crippen molar-refractivity contribution < 1.29 is 26.7 Å². The fourth-order valence-electron chi connectivity index (χ4n) is 1.34. The van der Waals surface area contributed by atoms with Crippen LogP contribution in [0.3, 0.4) is 0 Å². The second-order valence-corrected chi connectivity index (χ2v) is 3.34. The number of hydrogen-bond donors (Lipinski definition) is 0. The average Bonchev–Trinajstić information content (AvgIpc) is 2.95. The molecular formula is C15H21N3O. The highest BCUT2D eigenvalue weighted by atomic mass is 16.5. The maximum atomic E-state index is 8.92. The van der Waals surface area contributed by atoms with E-state index in [1.54, 1.807) is 0 Å². The average molecular weight is 275 g/mol. The Morgan fingerprint density at radius 2 is 2.37 bits per heavy atom. The second-order valence-electron chi connectivity index (χ2n) is 3.34. The Hall–Kier alpha value is -1.65. The zero-order valence-corrected chi connectivity index (χ0v) is 9.64. The summed E-state index contributed by atoms with van der Waals surface area (Å²) in [5, 5.41) is 3.41. The van der Waals surface area contributed by atoms with E-state index < -0.39 is 62.9 Å². The Morgan fingerprint density at radius 3 is 3.11 bits per heavy atom. The van der Waals surface area contributed by atoms with Crippen molar-refractivity contribution >= 4 is 0 Å². The van der Waals surface area contributed by atoms with Gasteiger partial charge in [0.25, 0.3) is 0 Å². The van der Waals surface area contributed by atoms with E-state index in [1.165, 1.54) is 18.2 Å². The predicted octanol–water partition coefficient (Wildman–Crippen LogP) is 2.09. The summed E-state index contributed by atoms with van der Waals surface area (Å²) in [7, 11) is 0. The van der Waals surface area contributed by atoms with Crippen LogP contribution in [0.25, 0.3) is 0 Å². The van der Waals surface area contributed by atoms with Gasteiger partial charge in [-0.3, -0.25) is 4.68 Å². The van der Waals surface area contributed by atoms with Gasteiger partial charge in [0.15, 0.2) is 0 Å². The molecular weight excluding hydrogens is 238 g/mol. The molecule has 1 heterocycles. The monoisotopic (exact) mass is 275 g/mol. The lowest BCUT2D eigenvalue weighted by molar-refractivity contribution is 0.0638. The Labute approximate surface area is 137 Å². The second kappa shape index (κ2) is 6.50. The van der Waals surface area contributed by atoms with Gasteiger partial charge in [-0.25, -0.2) is 0 Å². The normalized spacial score (nSPS) is 30.4. The van der Waals surface area contributed by atoms with Crippen molar-refractivity contribution in [3.05, 3.63) is 53.8 Å². The predicted molar refractivity (Wildman–Crippen MR) is 76.0 cm³/mol.